The molecule has 10 nitrogen and oxygen atoms in total. The first-order valence-electron chi connectivity index (χ1n) is 10.8. The van der Waals surface area contributed by atoms with E-state index in [4.69, 9.17) is 9.47 Å². The second-order valence-electron chi connectivity index (χ2n) is 9.81. The van der Waals surface area contributed by atoms with Crippen molar-refractivity contribution in [1.82, 2.24) is 10.3 Å². The summed E-state index contributed by atoms with van der Waals surface area (Å²) in [6, 6.07) is 0. The van der Waals surface area contributed by atoms with Gasteiger partial charge in [0.1, 0.15) is 17.0 Å². The average Bonchev–Trinajstić information content (AvgIpc) is 3.10. The molecule has 184 valence electrons. The Labute approximate surface area is 193 Å². The van der Waals surface area contributed by atoms with Crippen molar-refractivity contribution in [2.45, 2.75) is 78.0 Å². The number of aromatic amines is 1. The minimum absolute atomic E-state index is 0.0222. The number of rotatable bonds is 8. The lowest BCUT2D eigenvalue weighted by molar-refractivity contribution is -0.146. The summed E-state index contributed by atoms with van der Waals surface area (Å²) < 4.78 is 14.9. The second kappa shape index (κ2) is 9.54. The van der Waals surface area contributed by atoms with Crippen LogP contribution in [0.1, 0.15) is 74.3 Å². The fraction of sp³-hybridized carbons (Fsp3) is 0.652. The van der Waals surface area contributed by atoms with E-state index in [9.17, 15) is 24.3 Å². The van der Waals surface area contributed by atoms with Gasteiger partial charge in [-0.3, -0.25) is 14.4 Å². The maximum Gasteiger partial charge on any atom is 0.355 e. The SMILES string of the molecule is COC(=O)CCc1c(C(=O)OC(C)(C)C)[nH]c(C[C@@]2(O)C[C@](C)(CC(=O)OC)C(=O)N2)c1C. The van der Waals surface area contributed by atoms with Gasteiger partial charge in [-0.25, -0.2) is 4.79 Å². The van der Waals surface area contributed by atoms with E-state index in [2.05, 4.69) is 15.0 Å². The summed E-state index contributed by atoms with van der Waals surface area (Å²) in [5.41, 5.74) is -1.56. The van der Waals surface area contributed by atoms with E-state index in [-0.39, 0.29) is 37.8 Å². The Hall–Kier alpha value is -2.88. The van der Waals surface area contributed by atoms with Gasteiger partial charge in [0, 0.05) is 25.0 Å². The first-order chi connectivity index (χ1) is 15.1. The number of aliphatic hydroxyl groups is 1. The first-order valence-corrected chi connectivity index (χ1v) is 10.8. The van der Waals surface area contributed by atoms with Crippen molar-refractivity contribution >= 4 is 23.8 Å². The van der Waals surface area contributed by atoms with Crippen LogP contribution in [0.2, 0.25) is 0 Å². The highest BCUT2D eigenvalue weighted by Crippen LogP contribution is 2.40. The molecule has 0 radical (unpaired) electrons. The highest BCUT2D eigenvalue weighted by Gasteiger charge is 2.52. The van der Waals surface area contributed by atoms with Crippen LogP contribution in [0.5, 0.6) is 0 Å². The third-order valence-corrected chi connectivity index (χ3v) is 5.70. The lowest BCUT2D eigenvalue weighted by Gasteiger charge is -2.24. The minimum atomic E-state index is -1.64. The third kappa shape index (κ3) is 6.34. The van der Waals surface area contributed by atoms with Crippen LogP contribution in [0.3, 0.4) is 0 Å². The average molecular weight is 467 g/mol. The maximum atomic E-state index is 12.8. The normalized spacial score (nSPS) is 22.6. The smallest absolute Gasteiger partial charge is 0.355 e. The standard InChI is InChI=1S/C23H34N2O8/c1-13-14(8-9-16(26)31-6)18(19(28)33-21(2,3)4)24-15(13)10-23(30)12-22(5,20(29)25-23)11-17(27)32-7/h24,30H,8-12H2,1-7H3,(H,25,29)/t22-,23+/m0/s1. The summed E-state index contributed by atoms with van der Waals surface area (Å²) in [7, 11) is 2.53. The number of amides is 1. The van der Waals surface area contributed by atoms with Gasteiger partial charge < -0.3 is 29.6 Å². The van der Waals surface area contributed by atoms with Gasteiger partial charge in [0.2, 0.25) is 5.91 Å². The van der Waals surface area contributed by atoms with Crippen molar-refractivity contribution in [3.63, 3.8) is 0 Å². The number of aromatic nitrogens is 1. The Bertz CT molecular complexity index is 945. The topological polar surface area (TPSA) is 144 Å². The number of esters is 3. The van der Waals surface area contributed by atoms with E-state index in [1.165, 1.54) is 14.2 Å². The largest absolute Gasteiger partial charge is 0.469 e. The predicted molar refractivity (Wildman–Crippen MR) is 117 cm³/mol. The molecule has 0 saturated carbocycles. The van der Waals surface area contributed by atoms with Crippen LogP contribution in [-0.4, -0.2) is 59.5 Å². The molecule has 10 heteroatoms. The predicted octanol–water partition coefficient (Wildman–Crippen LogP) is 1.70. The molecule has 33 heavy (non-hydrogen) atoms. The Morgan fingerprint density at radius 1 is 1.12 bits per heavy atom. The van der Waals surface area contributed by atoms with E-state index in [0.29, 0.717) is 16.8 Å². The Balaban J connectivity index is 2.36. The third-order valence-electron chi connectivity index (χ3n) is 5.70. The van der Waals surface area contributed by atoms with Gasteiger partial charge in [-0.05, 0) is 45.2 Å². The van der Waals surface area contributed by atoms with Gasteiger partial charge in [-0.1, -0.05) is 6.92 Å². The molecule has 0 aliphatic carbocycles. The molecule has 1 fully saturated rings. The molecule has 2 heterocycles. The van der Waals surface area contributed by atoms with Crippen LogP contribution >= 0.6 is 0 Å². The molecule has 2 atom stereocenters. The first kappa shape index (κ1) is 26.4. The van der Waals surface area contributed by atoms with Crippen LogP contribution in [0.4, 0.5) is 0 Å². The van der Waals surface area contributed by atoms with E-state index in [1.54, 1.807) is 34.6 Å². The number of hydrogen-bond donors (Lipinski definition) is 3. The number of carbonyl (C=O) groups is 4. The monoisotopic (exact) mass is 466 g/mol. The molecule has 1 amide bonds. The van der Waals surface area contributed by atoms with Crippen LogP contribution < -0.4 is 5.32 Å². The lowest BCUT2D eigenvalue weighted by atomic mass is 9.81. The summed E-state index contributed by atoms with van der Waals surface area (Å²) in [6.07, 6.45) is 0.0625. The minimum Gasteiger partial charge on any atom is -0.469 e. The molecule has 1 saturated heterocycles. The number of ether oxygens (including phenoxy) is 3. The van der Waals surface area contributed by atoms with Gasteiger partial charge in [0.25, 0.3) is 0 Å². The Morgan fingerprint density at radius 3 is 2.27 bits per heavy atom. The van der Waals surface area contributed by atoms with Crippen molar-refractivity contribution < 1.29 is 38.5 Å². The van der Waals surface area contributed by atoms with Crippen molar-refractivity contribution in [3.8, 4) is 0 Å². The molecule has 1 aliphatic heterocycles. The summed E-state index contributed by atoms with van der Waals surface area (Å²) in [4.78, 5) is 51.9. The summed E-state index contributed by atoms with van der Waals surface area (Å²) in [6.45, 7) is 8.59. The number of hydrogen-bond acceptors (Lipinski definition) is 8. The van der Waals surface area contributed by atoms with Gasteiger partial charge in [0.15, 0.2) is 0 Å². The molecule has 3 N–H and O–H groups in total. The Morgan fingerprint density at radius 2 is 1.73 bits per heavy atom. The summed E-state index contributed by atoms with van der Waals surface area (Å²) >= 11 is 0. The summed E-state index contributed by atoms with van der Waals surface area (Å²) in [5, 5.41) is 13.7. The second-order valence-corrected chi connectivity index (χ2v) is 9.81. The van der Waals surface area contributed by atoms with Crippen molar-refractivity contribution in [2.75, 3.05) is 14.2 Å². The quantitative estimate of drug-likeness (QED) is 0.388. The van der Waals surface area contributed by atoms with Crippen molar-refractivity contribution in [3.05, 3.63) is 22.5 Å². The number of methoxy groups -OCH3 is 2. The zero-order chi connectivity index (χ0) is 25.2. The zero-order valence-corrected chi connectivity index (χ0v) is 20.3. The fourth-order valence-electron chi connectivity index (χ4n) is 4.08. The highest BCUT2D eigenvalue weighted by atomic mass is 16.6. The van der Waals surface area contributed by atoms with Gasteiger partial charge in [-0.2, -0.15) is 0 Å². The van der Waals surface area contributed by atoms with Crippen LogP contribution in [-0.2, 0) is 41.4 Å². The molecule has 1 aromatic heterocycles. The van der Waals surface area contributed by atoms with Gasteiger partial charge in [-0.15, -0.1) is 0 Å². The van der Waals surface area contributed by atoms with Crippen molar-refractivity contribution in [1.29, 1.82) is 0 Å². The molecule has 0 unspecified atom stereocenters. The maximum absolute atomic E-state index is 12.8. The highest BCUT2D eigenvalue weighted by molar-refractivity contribution is 5.91. The molecule has 1 aliphatic rings. The van der Waals surface area contributed by atoms with E-state index in [1.807, 2.05) is 0 Å². The van der Waals surface area contributed by atoms with E-state index < -0.39 is 40.6 Å². The molecule has 0 aromatic carbocycles. The zero-order valence-electron chi connectivity index (χ0n) is 20.3. The van der Waals surface area contributed by atoms with E-state index >= 15 is 0 Å². The molecular formula is C23H34N2O8. The van der Waals surface area contributed by atoms with Crippen molar-refractivity contribution in [2.24, 2.45) is 5.41 Å². The molecule has 2 rings (SSSR count). The molecular weight excluding hydrogens is 432 g/mol. The molecule has 0 bridgehead atoms. The summed E-state index contributed by atoms with van der Waals surface area (Å²) in [5.74, 6) is -2.02. The lowest BCUT2D eigenvalue weighted by Crippen LogP contribution is -2.43. The number of H-pyrrole nitrogens is 1. The Kier molecular flexibility index (Phi) is 7.63. The number of carbonyl (C=O) groups excluding carboxylic acids is 4. The van der Waals surface area contributed by atoms with Crippen LogP contribution in [0.15, 0.2) is 0 Å². The van der Waals surface area contributed by atoms with Crippen LogP contribution in [0, 0.1) is 12.3 Å². The fourth-order valence-corrected chi connectivity index (χ4v) is 4.08. The molecule has 1 aromatic rings. The number of nitrogens with one attached hydrogen (secondary N) is 2. The molecule has 0 spiro atoms. The van der Waals surface area contributed by atoms with Gasteiger partial charge in [0.05, 0.1) is 26.1 Å². The van der Waals surface area contributed by atoms with Crippen LogP contribution in [0.25, 0.3) is 0 Å². The van der Waals surface area contributed by atoms with E-state index in [0.717, 1.165) is 0 Å². The van der Waals surface area contributed by atoms with Gasteiger partial charge >= 0.3 is 17.9 Å².